The maximum atomic E-state index is 11.9. The van der Waals surface area contributed by atoms with E-state index in [1.54, 1.807) is 12.1 Å². The van der Waals surface area contributed by atoms with Gasteiger partial charge >= 0.3 is 5.97 Å². The predicted molar refractivity (Wildman–Crippen MR) is 88.2 cm³/mol. The third kappa shape index (κ3) is 6.97. The van der Waals surface area contributed by atoms with Gasteiger partial charge in [0.15, 0.2) is 0 Å². The van der Waals surface area contributed by atoms with Gasteiger partial charge in [-0.2, -0.15) is 0 Å². The summed E-state index contributed by atoms with van der Waals surface area (Å²) in [6.07, 6.45) is -6.79. The molecule has 0 radical (unpaired) electrons. The van der Waals surface area contributed by atoms with Gasteiger partial charge in [0.25, 0.3) is 0 Å². The number of esters is 1. The molecule has 0 spiro atoms. The van der Waals surface area contributed by atoms with Crippen LogP contribution in [0.4, 0.5) is 0 Å². The molecule has 0 aliphatic rings. The standard InChI is InChI=1S/C17H26O8/c1-17(2,3)25-11-6-4-10(5-7-11)16(23)24-9-13(20)15(22)14(21)12(19)8-18/h4-7,12-15,18-22H,8-9H2,1-3H3/t12-,13+,14+,15+/m0/s1. The van der Waals surface area contributed by atoms with Crippen molar-refractivity contribution >= 4 is 5.97 Å². The largest absolute Gasteiger partial charge is 0.488 e. The van der Waals surface area contributed by atoms with Crippen LogP contribution in [0.5, 0.6) is 5.75 Å². The van der Waals surface area contributed by atoms with E-state index in [2.05, 4.69) is 0 Å². The lowest BCUT2D eigenvalue weighted by molar-refractivity contribution is -0.124. The number of hydrogen-bond acceptors (Lipinski definition) is 8. The van der Waals surface area contributed by atoms with Gasteiger partial charge in [-0.15, -0.1) is 0 Å². The van der Waals surface area contributed by atoms with E-state index in [1.165, 1.54) is 12.1 Å². The Morgan fingerprint density at radius 3 is 2.00 bits per heavy atom. The van der Waals surface area contributed by atoms with E-state index in [-0.39, 0.29) is 11.2 Å². The van der Waals surface area contributed by atoms with Gasteiger partial charge in [-0.25, -0.2) is 4.79 Å². The van der Waals surface area contributed by atoms with Gasteiger partial charge in [-0.3, -0.25) is 0 Å². The molecule has 1 aromatic carbocycles. The van der Waals surface area contributed by atoms with Crippen molar-refractivity contribution in [3.63, 3.8) is 0 Å². The van der Waals surface area contributed by atoms with Crippen molar-refractivity contribution < 1.29 is 39.8 Å². The van der Waals surface area contributed by atoms with Crippen LogP contribution in [0.1, 0.15) is 31.1 Å². The van der Waals surface area contributed by atoms with Gasteiger partial charge in [-0.1, -0.05) is 0 Å². The number of aliphatic hydroxyl groups excluding tert-OH is 5. The van der Waals surface area contributed by atoms with E-state index in [0.29, 0.717) is 5.75 Å². The average molecular weight is 358 g/mol. The maximum Gasteiger partial charge on any atom is 0.338 e. The molecule has 0 unspecified atom stereocenters. The molecule has 1 rings (SSSR count). The molecular weight excluding hydrogens is 332 g/mol. The molecule has 0 aliphatic heterocycles. The van der Waals surface area contributed by atoms with E-state index in [0.717, 1.165) is 0 Å². The third-order valence-corrected chi connectivity index (χ3v) is 3.22. The highest BCUT2D eigenvalue weighted by Crippen LogP contribution is 2.19. The lowest BCUT2D eigenvalue weighted by Gasteiger charge is -2.25. The molecule has 5 N–H and O–H groups in total. The molecule has 1 aromatic rings. The van der Waals surface area contributed by atoms with E-state index < -0.39 is 43.6 Å². The summed E-state index contributed by atoms with van der Waals surface area (Å²) in [5.74, 6) is -0.147. The molecule has 0 saturated heterocycles. The number of hydrogen-bond donors (Lipinski definition) is 5. The minimum absolute atomic E-state index is 0.221. The Hall–Kier alpha value is -1.71. The Kier molecular flexibility index (Phi) is 7.78. The van der Waals surface area contributed by atoms with Crippen molar-refractivity contribution in [3.05, 3.63) is 29.8 Å². The fourth-order valence-corrected chi connectivity index (χ4v) is 1.92. The molecule has 0 amide bonds. The lowest BCUT2D eigenvalue weighted by Crippen LogP contribution is -2.47. The zero-order chi connectivity index (χ0) is 19.2. The Balaban J connectivity index is 2.56. The summed E-state index contributed by atoms with van der Waals surface area (Å²) >= 11 is 0. The van der Waals surface area contributed by atoms with Crippen LogP contribution < -0.4 is 4.74 Å². The summed E-state index contributed by atoms with van der Waals surface area (Å²) in [5, 5.41) is 46.7. The van der Waals surface area contributed by atoms with Crippen LogP contribution in [0.25, 0.3) is 0 Å². The van der Waals surface area contributed by atoms with Crippen LogP contribution in [-0.2, 0) is 4.74 Å². The molecule has 25 heavy (non-hydrogen) atoms. The van der Waals surface area contributed by atoms with Gasteiger partial charge in [0.2, 0.25) is 0 Å². The van der Waals surface area contributed by atoms with Gasteiger partial charge in [-0.05, 0) is 45.0 Å². The molecule has 0 aromatic heterocycles. The highest BCUT2D eigenvalue weighted by molar-refractivity contribution is 5.89. The van der Waals surface area contributed by atoms with Crippen LogP contribution in [0.3, 0.4) is 0 Å². The van der Waals surface area contributed by atoms with Crippen LogP contribution in [0.15, 0.2) is 24.3 Å². The Bertz CT molecular complexity index is 537. The van der Waals surface area contributed by atoms with Gasteiger partial charge in [0.1, 0.15) is 42.4 Å². The van der Waals surface area contributed by atoms with Crippen LogP contribution in [-0.4, -0.2) is 74.7 Å². The second-order valence-corrected chi connectivity index (χ2v) is 6.64. The summed E-state index contributed by atoms with van der Waals surface area (Å²) in [6, 6.07) is 6.20. The van der Waals surface area contributed by atoms with Crippen molar-refractivity contribution in [2.75, 3.05) is 13.2 Å². The normalized spacial score (nSPS) is 16.6. The van der Waals surface area contributed by atoms with Crippen LogP contribution in [0, 0.1) is 0 Å². The molecule has 142 valence electrons. The van der Waals surface area contributed by atoms with Crippen molar-refractivity contribution in [3.8, 4) is 5.75 Å². The maximum absolute atomic E-state index is 11.9. The smallest absolute Gasteiger partial charge is 0.338 e. The quantitative estimate of drug-likeness (QED) is 0.391. The lowest BCUT2D eigenvalue weighted by atomic mass is 10.0. The van der Waals surface area contributed by atoms with Gasteiger partial charge in [0, 0.05) is 0 Å². The van der Waals surface area contributed by atoms with E-state index >= 15 is 0 Å². The number of rotatable bonds is 8. The summed E-state index contributed by atoms with van der Waals surface area (Å²) in [5.41, 5.74) is -0.152. The second-order valence-electron chi connectivity index (χ2n) is 6.64. The monoisotopic (exact) mass is 358 g/mol. The first-order valence-corrected chi connectivity index (χ1v) is 7.84. The number of carbonyl (C=O) groups is 1. The fraction of sp³-hybridized carbons (Fsp3) is 0.588. The average Bonchev–Trinajstić information content (AvgIpc) is 2.56. The fourth-order valence-electron chi connectivity index (χ4n) is 1.92. The highest BCUT2D eigenvalue weighted by atomic mass is 16.5. The molecule has 0 bridgehead atoms. The van der Waals surface area contributed by atoms with E-state index in [1.807, 2.05) is 20.8 Å². The third-order valence-electron chi connectivity index (χ3n) is 3.22. The van der Waals surface area contributed by atoms with Crippen molar-refractivity contribution in [2.45, 2.75) is 50.8 Å². The van der Waals surface area contributed by atoms with Crippen molar-refractivity contribution in [1.29, 1.82) is 0 Å². The zero-order valence-electron chi connectivity index (χ0n) is 14.5. The first-order valence-electron chi connectivity index (χ1n) is 7.84. The molecule has 8 nitrogen and oxygen atoms in total. The minimum atomic E-state index is -1.78. The summed E-state index contributed by atoms with van der Waals surface area (Å²) in [4.78, 5) is 11.9. The highest BCUT2D eigenvalue weighted by Gasteiger charge is 2.30. The summed E-state index contributed by atoms with van der Waals surface area (Å²) < 4.78 is 10.5. The molecular formula is C17H26O8. The van der Waals surface area contributed by atoms with Gasteiger partial charge in [0.05, 0.1) is 12.2 Å². The first-order chi connectivity index (χ1) is 11.5. The first kappa shape index (κ1) is 21.3. The van der Waals surface area contributed by atoms with E-state index in [4.69, 9.17) is 14.6 Å². The second kappa shape index (κ2) is 9.12. The SMILES string of the molecule is CC(C)(C)Oc1ccc(C(=O)OC[C@@H](O)[C@@H](O)[C@H](O)[C@@H](O)CO)cc1. The molecule has 0 aliphatic carbocycles. The number of aliphatic hydroxyl groups is 5. The summed E-state index contributed by atoms with van der Waals surface area (Å²) in [7, 11) is 0. The number of carbonyl (C=O) groups excluding carboxylic acids is 1. The minimum Gasteiger partial charge on any atom is -0.488 e. The molecule has 0 heterocycles. The van der Waals surface area contributed by atoms with Crippen LogP contribution >= 0.6 is 0 Å². The zero-order valence-corrected chi connectivity index (χ0v) is 14.5. The Labute approximate surface area is 146 Å². The van der Waals surface area contributed by atoms with Crippen LogP contribution in [0.2, 0.25) is 0 Å². The molecule has 8 heteroatoms. The Morgan fingerprint density at radius 1 is 1.00 bits per heavy atom. The molecule has 0 fully saturated rings. The predicted octanol–water partition coefficient (Wildman–Crippen LogP) is -0.543. The molecule has 0 saturated carbocycles. The Morgan fingerprint density at radius 2 is 1.52 bits per heavy atom. The molecule has 4 atom stereocenters. The van der Waals surface area contributed by atoms with Crippen molar-refractivity contribution in [1.82, 2.24) is 0 Å². The van der Waals surface area contributed by atoms with E-state index in [9.17, 15) is 25.2 Å². The summed E-state index contributed by atoms with van der Waals surface area (Å²) in [6.45, 7) is 4.31. The number of ether oxygens (including phenoxy) is 2. The number of benzene rings is 1. The topological polar surface area (TPSA) is 137 Å². The van der Waals surface area contributed by atoms with Gasteiger partial charge < -0.3 is 35.0 Å². The van der Waals surface area contributed by atoms with Crippen molar-refractivity contribution in [2.24, 2.45) is 0 Å².